The summed E-state index contributed by atoms with van der Waals surface area (Å²) >= 11 is 1.38. The SMILES string of the molecule is O=C1CCC(=O)N[C@H](Cc2cccs2)C(=O)N[C@@H](Cc2ccc(-c3ccccc3)cc2)C(=O)N[C@@H](CO)C(=O)N[C@H](C(=O)O)CC2C=CC(=CC2)N1. The molecule has 14 heteroatoms. The Hall–Kier alpha value is -5.60. The maximum Gasteiger partial charge on any atom is 0.326 e. The van der Waals surface area contributed by atoms with Gasteiger partial charge < -0.3 is 36.8 Å². The first-order valence-corrected chi connectivity index (χ1v) is 17.8. The molecule has 5 atom stereocenters. The van der Waals surface area contributed by atoms with Crippen LogP contribution in [-0.2, 0) is 41.6 Å². The van der Waals surface area contributed by atoms with Gasteiger partial charge in [0.1, 0.15) is 24.2 Å². The van der Waals surface area contributed by atoms with Crippen molar-refractivity contribution in [1.29, 1.82) is 0 Å². The van der Waals surface area contributed by atoms with Gasteiger partial charge in [0, 0.05) is 36.3 Å². The normalized spacial score (nSPS) is 23.6. The van der Waals surface area contributed by atoms with Crippen LogP contribution in [-0.4, -0.2) is 76.5 Å². The summed E-state index contributed by atoms with van der Waals surface area (Å²) < 4.78 is 0. The Morgan fingerprint density at radius 2 is 1.38 bits per heavy atom. The van der Waals surface area contributed by atoms with Gasteiger partial charge in [0.25, 0.3) is 0 Å². The predicted octanol–water partition coefficient (Wildman–Crippen LogP) is 1.98. The maximum absolute atomic E-state index is 13.9. The van der Waals surface area contributed by atoms with Crippen molar-refractivity contribution in [3.05, 3.63) is 106 Å². The van der Waals surface area contributed by atoms with E-state index in [1.807, 2.05) is 60.0 Å². The van der Waals surface area contributed by atoms with E-state index in [1.54, 1.807) is 30.4 Å². The topological polar surface area (TPSA) is 203 Å². The van der Waals surface area contributed by atoms with Crippen LogP contribution in [0.3, 0.4) is 0 Å². The molecule has 0 saturated carbocycles. The minimum atomic E-state index is -1.53. The highest BCUT2D eigenvalue weighted by molar-refractivity contribution is 7.09. The molecule has 13 nitrogen and oxygen atoms in total. The van der Waals surface area contributed by atoms with Gasteiger partial charge in [-0.2, -0.15) is 0 Å². The number of nitrogens with one attached hydrogen (secondary N) is 5. The van der Waals surface area contributed by atoms with Gasteiger partial charge in [0.05, 0.1) is 6.61 Å². The van der Waals surface area contributed by atoms with E-state index in [0.717, 1.165) is 16.0 Å². The number of rotatable bonds is 7. The second kappa shape index (κ2) is 18.1. The molecule has 5 amide bonds. The molecule has 0 spiro atoms. The molecular weight excluding hydrogens is 687 g/mol. The first-order valence-electron chi connectivity index (χ1n) is 17.0. The second-order valence-electron chi connectivity index (χ2n) is 12.7. The van der Waals surface area contributed by atoms with Gasteiger partial charge in [-0.1, -0.05) is 72.8 Å². The number of amides is 5. The lowest BCUT2D eigenvalue weighted by molar-refractivity contribution is -0.143. The average molecular weight is 728 g/mol. The number of aliphatic carboxylic acids is 1. The molecular formula is C38H41N5O8S. The zero-order valence-corrected chi connectivity index (χ0v) is 29.1. The van der Waals surface area contributed by atoms with Crippen molar-refractivity contribution in [2.75, 3.05) is 6.61 Å². The van der Waals surface area contributed by atoms with E-state index in [0.29, 0.717) is 17.7 Å². The summed E-state index contributed by atoms with van der Waals surface area (Å²) in [4.78, 5) is 79.7. The summed E-state index contributed by atoms with van der Waals surface area (Å²) in [5.41, 5.74) is 3.08. The third kappa shape index (κ3) is 10.7. The summed E-state index contributed by atoms with van der Waals surface area (Å²) in [5, 5.41) is 34.9. The molecule has 0 radical (unpaired) electrons. The average Bonchev–Trinajstić information content (AvgIpc) is 3.66. The van der Waals surface area contributed by atoms with Crippen molar-refractivity contribution in [3.8, 4) is 11.1 Å². The predicted molar refractivity (Wildman–Crippen MR) is 193 cm³/mol. The number of fused-ring (bicyclic) bond motifs is 17. The Balaban J connectivity index is 1.43. The number of thiophene rings is 1. The molecule has 2 aliphatic heterocycles. The minimum absolute atomic E-state index is 0.00482. The van der Waals surface area contributed by atoms with E-state index in [4.69, 9.17) is 0 Å². The van der Waals surface area contributed by atoms with Crippen LogP contribution in [0, 0.1) is 5.92 Å². The van der Waals surface area contributed by atoms with Crippen LogP contribution in [0.2, 0.25) is 0 Å². The monoisotopic (exact) mass is 727 g/mol. The highest BCUT2D eigenvalue weighted by atomic mass is 32.1. The number of aliphatic hydroxyl groups is 1. The van der Waals surface area contributed by atoms with Crippen molar-refractivity contribution < 1.29 is 39.0 Å². The fraction of sp³-hybridized carbons (Fsp3) is 0.316. The largest absolute Gasteiger partial charge is 0.480 e. The summed E-state index contributed by atoms with van der Waals surface area (Å²) in [5.74, 6) is -4.96. The lowest BCUT2D eigenvalue weighted by Gasteiger charge is -2.26. The molecule has 3 heterocycles. The van der Waals surface area contributed by atoms with Crippen LogP contribution < -0.4 is 26.6 Å². The minimum Gasteiger partial charge on any atom is -0.480 e. The molecule has 272 valence electrons. The van der Waals surface area contributed by atoms with Gasteiger partial charge >= 0.3 is 5.97 Å². The Morgan fingerprint density at radius 3 is 2.02 bits per heavy atom. The molecule has 2 bridgehead atoms. The third-order valence-corrected chi connectivity index (χ3v) is 9.69. The number of carbonyl (C=O) groups excluding carboxylic acids is 5. The summed E-state index contributed by atoms with van der Waals surface area (Å²) in [7, 11) is 0. The molecule has 3 aromatic rings. The van der Waals surface area contributed by atoms with Crippen molar-refractivity contribution in [2.24, 2.45) is 5.92 Å². The van der Waals surface area contributed by atoms with E-state index in [9.17, 15) is 39.0 Å². The first-order chi connectivity index (χ1) is 25.1. The molecule has 0 saturated heterocycles. The van der Waals surface area contributed by atoms with Crippen molar-refractivity contribution in [3.63, 3.8) is 0 Å². The smallest absolute Gasteiger partial charge is 0.326 e. The standard InChI is InChI=1S/C38H41N5O8S/c44-22-32-37(49)42-31(38(50)51)20-24-10-14-27(15-11-24)39-33(45)16-17-34(46)40-30(21-28-7-4-18-52-28)36(48)41-29(35(47)43-32)19-23-8-12-26(13-9-23)25-5-2-1-3-6-25/h1-10,12-15,18,24,29-32,44H,11,16-17,19-22H2,(H,39,45)(H,40,46)(H,41,48)(H,42,49)(H,43,47)(H,50,51)/t24?,29-,30+,31-,32-/m0/s1. The van der Waals surface area contributed by atoms with Gasteiger partial charge in [0.2, 0.25) is 29.5 Å². The van der Waals surface area contributed by atoms with E-state index in [1.165, 1.54) is 11.3 Å². The quantitative estimate of drug-likeness (QED) is 0.179. The van der Waals surface area contributed by atoms with Gasteiger partial charge in [-0.25, -0.2) is 4.79 Å². The highest BCUT2D eigenvalue weighted by Crippen LogP contribution is 2.22. The number of hydrogen-bond acceptors (Lipinski definition) is 8. The van der Waals surface area contributed by atoms with Crippen molar-refractivity contribution >= 4 is 46.8 Å². The molecule has 1 unspecified atom stereocenters. The first kappa shape index (κ1) is 37.7. The lowest BCUT2D eigenvalue weighted by Crippen LogP contribution is -2.59. The van der Waals surface area contributed by atoms with Gasteiger partial charge in [0.15, 0.2) is 0 Å². The maximum atomic E-state index is 13.9. The number of carbonyl (C=O) groups is 6. The number of carboxylic acid groups (broad SMARTS) is 1. The number of aliphatic hydroxyl groups excluding tert-OH is 1. The zero-order chi connectivity index (χ0) is 37.0. The number of allylic oxidation sites excluding steroid dienone is 3. The summed E-state index contributed by atoms with van der Waals surface area (Å²) in [6.45, 7) is -0.845. The summed E-state index contributed by atoms with van der Waals surface area (Å²) in [6, 6.07) is 15.4. The fourth-order valence-electron chi connectivity index (χ4n) is 5.93. The fourth-order valence-corrected chi connectivity index (χ4v) is 6.68. The van der Waals surface area contributed by atoms with Crippen LogP contribution in [0.4, 0.5) is 0 Å². The van der Waals surface area contributed by atoms with Gasteiger partial charge in [-0.15, -0.1) is 11.3 Å². The van der Waals surface area contributed by atoms with E-state index in [-0.39, 0.29) is 38.0 Å². The van der Waals surface area contributed by atoms with Crippen LogP contribution in [0.25, 0.3) is 11.1 Å². The van der Waals surface area contributed by atoms with Crippen LogP contribution in [0.5, 0.6) is 0 Å². The van der Waals surface area contributed by atoms with E-state index in [2.05, 4.69) is 26.6 Å². The molecule has 6 rings (SSSR count). The molecule has 3 aliphatic rings. The molecule has 1 aromatic heterocycles. The molecule has 0 fully saturated rings. The Morgan fingerprint density at radius 1 is 0.731 bits per heavy atom. The van der Waals surface area contributed by atoms with Crippen molar-refractivity contribution in [2.45, 2.75) is 62.7 Å². The van der Waals surface area contributed by atoms with Gasteiger partial charge in [-0.05, 0) is 53.0 Å². The number of benzene rings is 2. The van der Waals surface area contributed by atoms with E-state index < -0.39 is 66.3 Å². The van der Waals surface area contributed by atoms with Crippen LogP contribution >= 0.6 is 11.3 Å². The molecule has 1 aliphatic carbocycles. The number of carboxylic acids is 1. The molecule has 2 aromatic carbocycles. The van der Waals surface area contributed by atoms with E-state index >= 15 is 0 Å². The zero-order valence-electron chi connectivity index (χ0n) is 28.2. The third-order valence-electron chi connectivity index (χ3n) is 8.79. The van der Waals surface area contributed by atoms with Crippen LogP contribution in [0.15, 0.2) is 96.0 Å². The van der Waals surface area contributed by atoms with Gasteiger partial charge in [-0.3, -0.25) is 24.0 Å². The highest BCUT2D eigenvalue weighted by Gasteiger charge is 2.32. The molecule has 52 heavy (non-hydrogen) atoms. The Labute approximate surface area is 304 Å². The number of hydrogen-bond donors (Lipinski definition) is 7. The lowest BCUT2D eigenvalue weighted by atomic mass is 9.92. The Bertz CT molecular complexity index is 1810. The van der Waals surface area contributed by atoms with Crippen LogP contribution in [0.1, 0.15) is 36.1 Å². The molecule has 7 N–H and O–H groups in total. The summed E-state index contributed by atoms with van der Waals surface area (Å²) in [6.07, 6.45) is 5.18. The van der Waals surface area contributed by atoms with Crippen molar-refractivity contribution in [1.82, 2.24) is 26.6 Å². The Kier molecular flexibility index (Phi) is 13.1. The second-order valence-corrected chi connectivity index (χ2v) is 13.7.